The first kappa shape index (κ1) is 20.6. The summed E-state index contributed by atoms with van der Waals surface area (Å²) in [5.74, 6) is 0.108. The highest BCUT2D eigenvalue weighted by Crippen LogP contribution is 2.25. The largest absolute Gasteiger partial charge is 0.292 e. The molecule has 3 aromatic heterocycles. The second-order valence-corrected chi connectivity index (χ2v) is 6.22. The molecule has 29 heavy (non-hydrogen) atoms. The molecule has 0 N–H and O–H groups in total. The van der Waals surface area contributed by atoms with Gasteiger partial charge in [-0.1, -0.05) is 24.3 Å². The maximum absolute atomic E-state index is 13.9. The number of fused-ring (bicyclic) bond motifs is 1. The van der Waals surface area contributed by atoms with Crippen molar-refractivity contribution >= 4 is 22.6 Å². The van der Waals surface area contributed by atoms with Crippen molar-refractivity contribution in [2.75, 3.05) is 6.38 Å². The Morgan fingerprint density at radius 2 is 1.69 bits per heavy atom. The number of rotatable bonds is 3. The molecule has 0 atom stereocenters. The van der Waals surface area contributed by atoms with E-state index in [1.807, 2.05) is 25.1 Å². The van der Waals surface area contributed by atoms with Crippen LogP contribution in [-0.2, 0) is 6.54 Å². The Bertz CT molecular complexity index is 1210. The molecule has 0 aliphatic rings. The van der Waals surface area contributed by atoms with E-state index in [-0.39, 0.29) is 5.56 Å². The Labute approximate surface area is 172 Å². The Balaban J connectivity index is 0.00000117. The standard InChI is InChI=1S/C21H17FN4O.CH3Cl/c1-3-26-20-16(12-24-13(2)25-20)11-18(21(26)27)15-8-6-14(7-9-15)17-5-4-10-23-19(17)22;1-2/h4-12H,3H2,1-2H3;1H3. The van der Waals surface area contributed by atoms with Crippen molar-refractivity contribution in [1.82, 2.24) is 19.5 Å². The summed E-state index contributed by atoms with van der Waals surface area (Å²) in [6, 6.07) is 12.4. The number of aromatic nitrogens is 4. The monoisotopic (exact) mass is 410 g/mol. The van der Waals surface area contributed by atoms with Crippen LogP contribution < -0.4 is 5.56 Å². The second kappa shape index (κ2) is 8.92. The molecule has 0 aliphatic carbocycles. The van der Waals surface area contributed by atoms with E-state index in [2.05, 4.69) is 26.6 Å². The van der Waals surface area contributed by atoms with E-state index in [4.69, 9.17) is 0 Å². The molecule has 0 bridgehead atoms. The minimum absolute atomic E-state index is 0.108. The number of halogens is 2. The summed E-state index contributed by atoms with van der Waals surface area (Å²) < 4.78 is 15.5. The van der Waals surface area contributed by atoms with Gasteiger partial charge in [-0.25, -0.2) is 15.0 Å². The van der Waals surface area contributed by atoms with Crippen molar-refractivity contribution < 1.29 is 4.39 Å². The first-order valence-electron chi connectivity index (χ1n) is 9.05. The van der Waals surface area contributed by atoms with Crippen LogP contribution in [0.1, 0.15) is 12.7 Å². The predicted molar refractivity (Wildman–Crippen MR) is 115 cm³/mol. The lowest BCUT2D eigenvalue weighted by Crippen LogP contribution is -2.22. The van der Waals surface area contributed by atoms with E-state index in [9.17, 15) is 9.18 Å². The van der Waals surface area contributed by atoms with Gasteiger partial charge in [0.2, 0.25) is 5.95 Å². The van der Waals surface area contributed by atoms with Crippen molar-refractivity contribution in [2.45, 2.75) is 20.4 Å². The topological polar surface area (TPSA) is 60.7 Å². The highest BCUT2D eigenvalue weighted by Gasteiger charge is 2.13. The lowest BCUT2D eigenvalue weighted by Gasteiger charge is -2.11. The quantitative estimate of drug-likeness (QED) is 0.358. The fourth-order valence-corrected chi connectivity index (χ4v) is 3.18. The fourth-order valence-electron chi connectivity index (χ4n) is 3.18. The lowest BCUT2D eigenvalue weighted by molar-refractivity contribution is 0.587. The van der Waals surface area contributed by atoms with Gasteiger partial charge in [-0.15, -0.1) is 11.6 Å². The molecule has 3 heterocycles. The molecule has 0 saturated heterocycles. The van der Waals surface area contributed by atoms with Gasteiger partial charge >= 0.3 is 0 Å². The minimum atomic E-state index is -0.517. The normalized spacial score (nSPS) is 10.5. The van der Waals surface area contributed by atoms with Gasteiger partial charge in [-0.05, 0) is 43.2 Å². The summed E-state index contributed by atoms with van der Waals surface area (Å²) in [5.41, 5.74) is 2.99. The van der Waals surface area contributed by atoms with Crippen LogP contribution in [0.4, 0.5) is 4.39 Å². The van der Waals surface area contributed by atoms with Gasteiger partial charge in [-0.2, -0.15) is 4.39 Å². The SMILES string of the molecule is CCl.CCn1c(=O)c(-c2ccc(-c3cccnc3F)cc2)cc2cnc(C)nc21. The molecule has 4 rings (SSSR count). The Hall–Kier alpha value is -3.12. The van der Waals surface area contributed by atoms with E-state index in [0.29, 0.717) is 34.7 Å². The summed E-state index contributed by atoms with van der Waals surface area (Å²) in [6.45, 7) is 4.23. The van der Waals surface area contributed by atoms with Crippen molar-refractivity contribution in [3.05, 3.63) is 77.0 Å². The molecule has 5 nitrogen and oxygen atoms in total. The second-order valence-electron chi connectivity index (χ2n) is 6.22. The summed E-state index contributed by atoms with van der Waals surface area (Å²) in [6.07, 6.45) is 4.62. The zero-order chi connectivity index (χ0) is 21.0. The first-order chi connectivity index (χ1) is 14.1. The molecule has 0 amide bonds. The molecule has 0 spiro atoms. The molecule has 0 unspecified atom stereocenters. The van der Waals surface area contributed by atoms with Gasteiger partial charge in [0.05, 0.1) is 0 Å². The van der Waals surface area contributed by atoms with E-state index >= 15 is 0 Å². The molecule has 0 aliphatic heterocycles. The van der Waals surface area contributed by atoms with E-state index in [1.165, 1.54) is 12.6 Å². The van der Waals surface area contributed by atoms with Gasteiger partial charge < -0.3 is 0 Å². The van der Waals surface area contributed by atoms with Crippen LogP contribution in [0, 0.1) is 12.9 Å². The molecule has 0 fully saturated rings. The maximum atomic E-state index is 13.9. The van der Waals surface area contributed by atoms with Gasteiger partial charge in [0.15, 0.2) is 0 Å². The molecular formula is C22H20ClFN4O. The lowest BCUT2D eigenvalue weighted by atomic mass is 10.0. The van der Waals surface area contributed by atoms with Gasteiger partial charge in [0.25, 0.3) is 5.56 Å². The minimum Gasteiger partial charge on any atom is -0.292 e. The van der Waals surface area contributed by atoms with Crippen molar-refractivity contribution in [3.8, 4) is 22.3 Å². The summed E-state index contributed by atoms with van der Waals surface area (Å²) in [4.78, 5) is 25.3. The van der Waals surface area contributed by atoms with Crippen molar-refractivity contribution in [1.29, 1.82) is 0 Å². The molecule has 1 aromatic carbocycles. The highest BCUT2D eigenvalue weighted by atomic mass is 35.5. The molecule has 4 aromatic rings. The van der Waals surface area contributed by atoms with Gasteiger partial charge in [0, 0.05) is 41.8 Å². The van der Waals surface area contributed by atoms with Crippen molar-refractivity contribution in [3.63, 3.8) is 0 Å². The number of aryl methyl sites for hydroxylation is 2. The number of pyridine rings is 2. The van der Waals surface area contributed by atoms with Crippen LogP contribution in [0.3, 0.4) is 0 Å². The van der Waals surface area contributed by atoms with E-state index < -0.39 is 5.95 Å². The fraction of sp³-hybridized carbons (Fsp3) is 0.182. The third-order valence-corrected chi connectivity index (χ3v) is 4.53. The molecule has 7 heteroatoms. The van der Waals surface area contributed by atoms with Crippen LogP contribution in [-0.4, -0.2) is 25.9 Å². The predicted octanol–water partition coefficient (Wildman–Crippen LogP) is 4.84. The number of hydrogen-bond acceptors (Lipinski definition) is 4. The van der Waals surface area contributed by atoms with E-state index in [1.54, 1.807) is 42.0 Å². The number of nitrogens with zero attached hydrogens (tertiary/aromatic N) is 4. The van der Waals surface area contributed by atoms with Gasteiger partial charge in [-0.3, -0.25) is 9.36 Å². The molecule has 0 saturated carbocycles. The average Bonchev–Trinajstić information content (AvgIpc) is 2.75. The van der Waals surface area contributed by atoms with Crippen LogP contribution in [0.5, 0.6) is 0 Å². The number of alkyl halides is 1. The zero-order valence-electron chi connectivity index (χ0n) is 16.4. The van der Waals surface area contributed by atoms with Gasteiger partial charge in [0.1, 0.15) is 11.5 Å². The van der Waals surface area contributed by atoms with Crippen LogP contribution >= 0.6 is 11.6 Å². The van der Waals surface area contributed by atoms with E-state index in [0.717, 1.165) is 10.9 Å². The maximum Gasteiger partial charge on any atom is 0.260 e. The third-order valence-electron chi connectivity index (χ3n) is 4.53. The summed E-state index contributed by atoms with van der Waals surface area (Å²) >= 11 is 4.64. The van der Waals surface area contributed by atoms with Crippen molar-refractivity contribution in [2.24, 2.45) is 0 Å². The molecular weight excluding hydrogens is 391 g/mol. The number of benzene rings is 1. The highest BCUT2D eigenvalue weighted by molar-refractivity contribution is 6.15. The first-order valence-corrected chi connectivity index (χ1v) is 9.80. The zero-order valence-corrected chi connectivity index (χ0v) is 17.1. The Kier molecular flexibility index (Phi) is 6.34. The summed E-state index contributed by atoms with van der Waals surface area (Å²) in [7, 11) is 0. The van der Waals surface area contributed by atoms with Crippen LogP contribution in [0.25, 0.3) is 33.3 Å². The van der Waals surface area contributed by atoms with Crippen LogP contribution in [0.15, 0.2) is 59.7 Å². The average molecular weight is 411 g/mol. The smallest absolute Gasteiger partial charge is 0.260 e. The Morgan fingerprint density at radius 1 is 1.03 bits per heavy atom. The third kappa shape index (κ3) is 4.03. The summed E-state index contributed by atoms with van der Waals surface area (Å²) in [5, 5.41) is 0.805. The molecule has 0 radical (unpaired) electrons. The Morgan fingerprint density at radius 3 is 2.31 bits per heavy atom. The molecule has 148 valence electrons. The number of hydrogen-bond donors (Lipinski definition) is 0. The van der Waals surface area contributed by atoms with Crippen LogP contribution in [0.2, 0.25) is 0 Å².